The number of rotatable bonds is 5. The molecule has 1 atom stereocenters. The van der Waals surface area contributed by atoms with Gasteiger partial charge in [-0.1, -0.05) is 6.92 Å². The number of aryl methyl sites for hydroxylation is 1. The minimum Gasteiger partial charge on any atom is -0.496 e. The standard InChI is InChI=1S/C15H19FN2OS/c1-9(6-7-17)15-14(18-10(2)20-15)12-8-11(16)4-5-13(12)19-3/h4-5,8-9H,6-7,17H2,1-3H3. The second-order valence-electron chi connectivity index (χ2n) is 4.77. The van der Waals surface area contributed by atoms with Crippen LogP contribution in [0, 0.1) is 12.7 Å². The lowest BCUT2D eigenvalue weighted by Gasteiger charge is -2.12. The first-order chi connectivity index (χ1) is 9.56. The summed E-state index contributed by atoms with van der Waals surface area (Å²) in [7, 11) is 1.58. The minimum atomic E-state index is -0.288. The second kappa shape index (κ2) is 6.33. The van der Waals surface area contributed by atoms with Crippen molar-refractivity contribution in [2.75, 3.05) is 13.7 Å². The maximum atomic E-state index is 13.6. The maximum Gasteiger partial charge on any atom is 0.128 e. The van der Waals surface area contributed by atoms with Crippen LogP contribution in [-0.4, -0.2) is 18.6 Å². The van der Waals surface area contributed by atoms with Gasteiger partial charge in [-0.15, -0.1) is 11.3 Å². The van der Waals surface area contributed by atoms with Crippen LogP contribution in [0.4, 0.5) is 4.39 Å². The summed E-state index contributed by atoms with van der Waals surface area (Å²) in [5.41, 5.74) is 7.16. The summed E-state index contributed by atoms with van der Waals surface area (Å²) in [6, 6.07) is 4.51. The van der Waals surface area contributed by atoms with Gasteiger partial charge in [0.25, 0.3) is 0 Å². The molecular weight excluding hydrogens is 275 g/mol. The normalized spacial score (nSPS) is 12.4. The SMILES string of the molecule is COc1ccc(F)cc1-c1nc(C)sc1C(C)CCN. The summed E-state index contributed by atoms with van der Waals surface area (Å²) in [4.78, 5) is 5.70. The Balaban J connectivity index is 2.55. The Hall–Kier alpha value is -1.46. The number of benzene rings is 1. The quantitative estimate of drug-likeness (QED) is 0.914. The molecule has 2 N–H and O–H groups in total. The lowest BCUT2D eigenvalue weighted by Crippen LogP contribution is -2.04. The van der Waals surface area contributed by atoms with Gasteiger partial charge in [0.1, 0.15) is 11.6 Å². The molecule has 2 rings (SSSR count). The number of thiazole rings is 1. The van der Waals surface area contributed by atoms with Gasteiger partial charge in [-0.25, -0.2) is 9.37 Å². The lowest BCUT2D eigenvalue weighted by molar-refractivity contribution is 0.415. The van der Waals surface area contributed by atoms with Crippen LogP contribution in [0.1, 0.15) is 29.1 Å². The largest absolute Gasteiger partial charge is 0.496 e. The number of ether oxygens (including phenoxy) is 1. The number of hydrogen-bond donors (Lipinski definition) is 1. The molecule has 1 unspecified atom stereocenters. The molecule has 1 aromatic heterocycles. The number of hydrogen-bond acceptors (Lipinski definition) is 4. The highest BCUT2D eigenvalue weighted by Crippen LogP contribution is 2.39. The van der Waals surface area contributed by atoms with Gasteiger partial charge in [-0.3, -0.25) is 0 Å². The fourth-order valence-corrected chi connectivity index (χ4v) is 3.24. The van der Waals surface area contributed by atoms with Crippen LogP contribution in [0.25, 0.3) is 11.3 Å². The first-order valence-corrected chi connectivity index (χ1v) is 7.39. The fourth-order valence-electron chi connectivity index (χ4n) is 2.22. The van der Waals surface area contributed by atoms with Crippen molar-refractivity contribution in [2.24, 2.45) is 5.73 Å². The van der Waals surface area contributed by atoms with E-state index in [1.165, 1.54) is 12.1 Å². The number of methoxy groups -OCH3 is 1. The summed E-state index contributed by atoms with van der Waals surface area (Å²) >= 11 is 1.64. The van der Waals surface area contributed by atoms with E-state index in [1.807, 2.05) is 6.92 Å². The Bertz CT molecular complexity index is 598. The van der Waals surface area contributed by atoms with Crippen molar-refractivity contribution in [1.82, 2.24) is 4.98 Å². The highest BCUT2D eigenvalue weighted by atomic mass is 32.1. The molecule has 0 aliphatic heterocycles. The Kier molecular flexibility index (Phi) is 4.73. The van der Waals surface area contributed by atoms with E-state index in [1.54, 1.807) is 24.5 Å². The van der Waals surface area contributed by atoms with Crippen LogP contribution in [0.5, 0.6) is 5.75 Å². The number of nitrogens with zero attached hydrogens (tertiary/aromatic N) is 1. The second-order valence-corrected chi connectivity index (χ2v) is 6.00. The van der Waals surface area contributed by atoms with Crippen molar-refractivity contribution in [2.45, 2.75) is 26.2 Å². The molecule has 0 saturated carbocycles. The molecule has 0 bridgehead atoms. The minimum absolute atomic E-state index is 0.288. The molecule has 108 valence electrons. The summed E-state index contributed by atoms with van der Waals surface area (Å²) in [6.07, 6.45) is 0.881. The van der Waals surface area contributed by atoms with Crippen molar-refractivity contribution in [3.05, 3.63) is 33.9 Å². The maximum absolute atomic E-state index is 13.6. The number of aromatic nitrogens is 1. The molecular formula is C15H19FN2OS. The van der Waals surface area contributed by atoms with Crippen LogP contribution in [0.3, 0.4) is 0 Å². The molecule has 0 aliphatic carbocycles. The van der Waals surface area contributed by atoms with E-state index in [0.717, 1.165) is 22.0 Å². The Morgan fingerprint density at radius 2 is 2.20 bits per heavy atom. The van der Waals surface area contributed by atoms with Crippen molar-refractivity contribution in [3.8, 4) is 17.0 Å². The van der Waals surface area contributed by atoms with Gasteiger partial charge in [0, 0.05) is 10.4 Å². The first kappa shape index (κ1) is 14.9. The molecule has 0 saturated heterocycles. The van der Waals surface area contributed by atoms with Crippen LogP contribution in [-0.2, 0) is 0 Å². The Morgan fingerprint density at radius 3 is 2.85 bits per heavy atom. The van der Waals surface area contributed by atoms with Crippen molar-refractivity contribution in [1.29, 1.82) is 0 Å². The summed E-state index contributed by atoms with van der Waals surface area (Å²) < 4.78 is 18.9. The molecule has 1 heterocycles. The van der Waals surface area contributed by atoms with E-state index < -0.39 is 0 Å². The van der Waals surface area contributed by atoms with Crippen molar-refractivity contribution < 1.29 is 9.13 Å². The summed E-state index contributed by atoms with van der Waals surface area (Å²) in [5.74, 6) is 0.649. The third kappa shape index (κ3) is 2.99. The van der Waals surface area contributed by atoms with Gasteiger partial charge >= 0.3 is 0 Å². The molecule has 2 aromatic rings. The zero-order chi connectivity index (χ0) is 14.7. The van der Waals surface area contributed by atoms with Gasteiger partial charge in [0.2, 0.25) is 0 Å². The average Bonchev–Trinajstić information content (AvgIpc) is 2.81. The van der Waals surface area contributed by atoms with Crippen LogP contribution >= 0.6 is 11.3 Å². The average molecular weight is 294 g/mol. The van der Waals surface area contributed by atoms with E-state index in [2.05, 4.69) is 11.9 Å². The molecule has 5 heteroatoms. The van der Waals surface area contributed by atoms with Gasteiger partial charge in [0.15, 0.2) is 0 Å². The zero-order valence-corrected chi connectivity index (χ0v) is 12.8. The topological polar surface area (TPSA) is 48.1 Å². The predicted molar refractivity (Wildman–Crippen MR) is 80.9 cm³/mol. The van der Waals surface area contributed by atoms with E-state index in [-0.39, 0.29) is 5.82 Å². The van der Waals surface area contributed by atoms with Gasteiger partial charge in [-0.2, -0.15) is 0 Å². The summed E-state index contributed by atoms with van der Waals surface area (Å²) in [5, 5.41) is 0.963. The molecule has 0 radical (unpaired) electrons. The van der Waals surface area contributed by atoms with Crippen molar-refractivity contribution >= 4 is 11.3 Å². The lowest BCUT2D eigenvalue weighted by atomic mass is 10.0. The summed E-state index contributed by atoms with van der Waals surface area (Å²) in [6.45, 7) is 4.70. The fraction of sp³-hybridized carbons (Fsp3) is 0.400. The zero-order valence-electron chi connectivity index (χ0n) is 11.9. The smallest absolute Gasteiger partial charge is 0.128 e. The van der Waals surface area contributed by atoms with E-state index in [0.29, 0.717) is 23.8 Å². The van der Waals surface area contributed by atoms with E-state index in [9.17, 15) is 4.39 Å². The molecule has 0 aliphatic rings. The molecule has 20 heavy (non-hydrogen) atoms. The molecule has 0 spiro atoms. The number of nitrogens with two attached hydrogens (primary N) is 1. The molecule has 0 amide bonds. The Morgan fingerprint density at radius 1 is 1.45 bits per heavy atom. The van der Waals surface area contributed by atoms with E-state index >= 15 is 0 Å². The van der Waals surface area contributed by atoms with Gasteiger partial charge in [-0.05, 0) is 44.0 Å². The highest BCUT2D eigenvalue weighted by molar-refractivity contribution is 7.12. The molecule has 3 nitrogen and oxygen atoms in total. The monoisotopic (exact) mass is 294 g/mol. The van der Waals surface area contributed by atoms with Crippen LogP contribution in [0.2, 0.25) is 0 Å². The third-order valence-electron chi connectivity index (χ3n) is 3.22. The Labute approximate surface area is 122 Å². The van der Waals surface area contributed by atoms with Crippen LogP contribution < -0.4 is 10.5 Å². The number of halogens is 1. The van der Waals surface area contributed by atoms with E-state index in [4.69, 9.17) is 10.5 Å². The third-order valence-corrected chi connectivity index (χ3v) is 4.43. The highest BCUT2D eigenvalue weighted by Gasteiger charge is 2.20. The molecule has 0 fully saturated rings. The van der Waals surface area contributed by atoms with Crippen LogP contribution in [0.15, 0.2) is 18.2 Å². The van der Waals surface area contributed by atoms with Gasteiger partial charge < -0.3 is 10.5 Å². The first-order valence-electron chi connectivity index (χ1n) is 6.58. The van der Waals surface area contributed by atoms with Crippen molar-refractivity contribution in [3.63, 3.8) is 0 Å². The molecule has 1 aromatic carbocycles. The van der Waals surface area contributed by atoms with Gasteiger partial charge in [0.05, 0.1) is 17.8 Å². The predicted octanol–water partition coefficient (Wildman–Crippen LogP) is 3.72.